The molecule has 1 unspecified atom stereocenters. The molecule has 7 nitrogen and oxygen atoms in total. The first-order chi connectivity index (χ1) is 13.0. The number of carbonyl (C=O) groups excluding carboxylic acids is 1. The Morgan fingerprint density at radius 2 is 2.15 bits per heavy atom. The molecular weight excluding hydrogens is 364 g/mol. The van der Waals surface area contributed by atoms with Crippen molar-refractivity contribution < 1.29 is 9.53 Å². The summed E-state index contributed by atoms with van der Waals surface area (Å²) in [6.07, 6.45) is 2.27. The zero-order valence-electron chi connectivity index (χ0n) is 15.6. The molecule has 2 aliphatic rings. The van der Waals surface area contributed by atoms with E-state index in [1.54, 1.807) is 17.4 Å². The summed E-state index contributed by atoms with van der Waals surface area (Å²) in [7, 11) is 0. The van der Waals surface area contributed by atoms with Gasteiger partial charge >= 0.3 is 0 Å². The van der Waals surface area contributed by atoms with E-state index in [1.807, 2.05) is 13.8 Å². The van der Waals surface area contributed by atoms with Crippen LogP contribution in [0.25, 0.3) is 0 Å². The molecule has 144 valence electrons. The van der Waals surface area contributed by atoms with Crippen LogP contribution in [0.5, 0.6) is 0 Å². The van der Waals surface area contributed by atoms with Gasteiger partial charge in [0.2, 0.25) is 5.91 Å². The van der Waals surface area contributed by atoms with Crippen molar-refractivity contribution in [3.05, 3.63) is 38.2 Å². The topological polar surface area (TPSA) is 87.3 Å². The van der Waals surface area contributed by atoms with Crippen LogP contribution >= 0.6 is 11.3 Å². The molecule has 3 heterocycles. The van der Waals surface area contributed by atoms with Crippen molar-refractivity contribution in [1.29, 1.82) is 0 Å². The van der Waals surface area contributed by atoms with Crippen molar-refractivity contribution >= 4 is 28.1 Å². The van der Waals surface area contributed by atoms with E-state index >= 15 is 0 Å². The summed E-state index contributed by atoms with van der Waals surface area (Å²) in [6, 6.07) is 1.74. The predicted octanol–water partition coefficient (Wildman–Crippen LogP) is 2.03. The fourth-order valence-corrected chi connectivity index (χ4v) is 4.69. The highest BCUT2D eigenvalue weighted by molar-refractivity contribution is 7.15. The molecule has 2 aromatic rings. The number of aromatic amines is 1. The van der Waals surface area contributed by atoms with Crippen molar-refractivity contribution in [2.75, 3.05) is 36.5 Å². The first-order valence-corrected chi connectivity index (χ1v) is 10.2. The van der Waals surface area contributed by atoms with Crippen LogP contribution in [0.3, 0.4) is 0 Å². The normalized spacial score (nSPS) is 19.6. The molecule has 0 radical (unpaired) electrons. The SMILES string of the molecule is Cc1cc(NC(=O)C2CCc3sc(N4CCOCC4)nc3C2)c(=O)[nH]c1C. The van der Waals surface area contributed by atoms with Crippen LogP contribution in [0, 0.1) is 19.8 Å². The smallest absolute Gasteiger partial charge is 0.271 e. The lowest BCUT2D eigenvalue weighted by atomic mass is 9.90. The largest absolute Gasteiger partial charge is 0.378 e. The number of morpholine rings is 1. The molecule has 1 aliphatic heterocycles. The molecule has 1 atom stereocenters. The maximum atomic E-state index is 12.7. The zero-order valence-corrected chi connectivity index (χ0v) is 16.4. The minimum absolute atomic E-state index is 0.102. The summed E-state index contributed by atoms with van der Waals surface area (Å²) in [5.74, 6) is -0.256. The van der Waals surface area contributed by atoms with Crippen molar-refractivity contribution in [2.45, 2.75) is 33.1 Å². The fraction of sp³-hybridized carbons (Fsp3) is 0.526. The van der Waals surface area contributed by atoms with Gasteiger partial charge in [0, 0.05) is 36.0 Å². The minimum atomic E-state index is -0.258. The Kier molecular flexibility index (Phi) is 5.01. The Morgan fingerprint density at radius 3 is 2.93 bits per heavy atom. The molecule has 2 N–H and O–H groups in total. The van der Waals surface area contributed by atoms with Gasteiger partial charge in [0.15, 0.2) is 5.13 Å². The van der Waals surface area contributed by atoms with Crippen LogP contribution in [0.2, 0.25) is 0 Å². The molecule has 0 bridgehead atoms. The summed E-state index contributed by atoms with van der Waals surface area (Å²) in [6.45, 7) is 6.97. The van der Waals surface area contributed by atoms with E-state index < -0.39 is 0 Å². The van der Waals surface area contributed by atoms with Crippen LogP contribution in [0.4, 0.5) is 10.8 Å². The molecule has 8 heteroatoms. The van der Waals surface area contributed by atoms with Gasteiger partial charge in [-0.25, -0.2) is 4.98 Å². The van der Waals surface area contributed by atoms with Crippen molar-refractivity contribution in [2.24, 2.45) is 5.92 Å². The third-order valence-corrected chi connectivity index (χ3v) is 6.55. The number of amides is 1. The number of ether oxygens (including phenoxy) is 1. The Hall–Kier alpha value is -2.19. The lowest BCUT2D eigenvalue weighted by molar-refractivity contribution is -0.120. The number of anilines is 2. The summed E-state index contributed by atoms with van der Waals surface area (Å²) < 4.78 is 5.41. The number of hydrogen-bond acceptors (Lipinski definition) is 6. The van der Waals surface area contributed by atoms with Gasteiger partial charge in [-0.05, 0) is 38.3 Å². The number of carbonyl (C=O) groups is 1. The maximum absolute atomic E-state index is 12.7. The monoisotopic (exact) mass is 388 g/mol. The molecule has 0 saturated carbocycles. The number of nitrogens with zero attached hydrogens (tertiary/aromatic N) is 2. The highest BCUT2D eigenvalue weighted by atomic mass is 32.1. The van der Waals surface area contributed by atoms with Gasteiger partial charge in [-0.15, -0.1) is 11.3 Å². The molecular formula is C19H24N4O3S. The first-order valence-electron chi connectivity index (χ1n) is 9.34. The second-order valence-corrected chi connectivity index (χ2v) is 8.28. The van der Waals surface area contributed by atoms with Crippen LogP contribution in [0.15, 0.2) is 10.9 Å². The van der Waals surface area contributed by atoms with Crippen molar-refractivity contribution in [3.63, 3.8) is 0 Å². The Morgan fingerprint density at radius 1 is 1.37 bits per heavy atom. The van der Waals surface area contributed by atoms with Crippen LogP contribution < -0.4 is 15.8 Å². The second-order valence-electron chi connectivity index (χ2n) is 7.21. The molecule has 0 spiro atoms. The van der Waals surface area contributed by atoms with Gasteiger partial charge < -0.3 is 19.9 Å². The number of nitrogens with one attached hydrogen (secondary N) is 2. The number of pyridine rings is 1. The zero-order chi connectivity index (χ0) is 19.0. The Labute approximate surface area is 161 Å². The summed E-state index contributed by atoms with van der Waals surface area (Å²) in [4.78, 5) is 35.9. The van der Waals surface area contributed by atoms with Gasteiger partial charge in [0.25, 0.3) is 5.56 Å². The number of hydrogen-bond donors (Lipinski definition) is 2. The Bertz CT molecular complexity index is 914. The quantitative estimate of drug-likeness (QED) is 0.840. The van der Waals surface area contributed by atoms with Crippen molar-refractivity contribution in [1.82, 2.24) is 9.97 Å². The lowest BCUT2D eigenvalue weighted by Crippen LogP contribution is -2.36. The van der Waals surface area contributed by atoms with E-state index in [1.165, 1.54) is 4.88 Å². The second kappa shape index (κ2) is 7.44. The molecule has 1 aliphatic carbocycles. The number of H-pyrrole nitrogens is 1. The third-order valence-electron chi connectivity index (χ3n) is 5.33. The van der Waals surface area contributed by atoms with Gasteiger partial charge in [0.05, 0.1) is 18.9 Å². The molecule has 4 rings (SSSR count). The van der Waals surface area contributed by atoms with Gasteiger partial charge in [0.1, 0.15) is 5.69 Å². The molecule has 1 amide bonds. The van der Waals surface area contributed by atoms with E-state index in [9.17, 15) is 9.59 Å². The molecule has 1 saturated heterocycles. The third kappa shape index (κ3) is 3.77. The lowest BCUT2D eigenvalue weighted by Gasteiger charge is -2.26. The van der Waals surface area contributed by atoms with Crippen LogP contribution in [0.1, 0.15) is 28.2 Å². The van der Waals surface area contributed by atoms with Gasteiger partial charge in [-0.1, -0.05) is 0 Å². The Balaban J connectivity index is 1.46. The molecule has 2 aromatic heterocycles. The number of aryl methyl sites for hydroxylation is 3. The highest BCUT2D eigenvalue weighted by Gasteiger charge is 2.29. The molecule has 1 fully saturated rings. The van der Waals surface area contributed by atoms with Gasteiger partial charge in [-0.3, -0.25) is 9.59 Å². The number of fused-ring (bicyclic) bond motifs is 1. The number of rotatable bonds is 3. The van der Waals surface area contributed by atoms with E-state index in [2.05, 4.69) is 15.2 Å². The number of aromatic nitrogens is 2. The summed E-state index contributed by atoms with van der Waals surface area (Å²) in [5.41, 5.74) is 2.86. The average Bonchev–Trinajstić information content (AvgIpc) is 3.10. The summed E-state index contributed by atoms with van der Waals surface area (Å²) in [5, 5.41) is 3.85. The standard InChI is InChI=1S/C19H24N4O3S/c1-11-9-15(18(25)20-12(11)2)21-17(24)13-3-4-16-14(10-13)22-19(27-16)23-5-7-26-8-6-23/h9,13H,3-8,10H2,1-2H3,(H,20,25)(H,21,24). The van der Waals surface area contributed by atoms with E-state index in [0.717, 1.165) is 61.2 Å². The van der Waals surface area contributed by atoms with Crippen LogP contribution in [-0.4, -0.2) is 42.2 Å². The minimum Gasteiger partial charge on any atom is -0.378 e. The summed E-state index contributed by atoms with van der Waals surface area (Å²) >= 11 is 1.74. The molecule has 27 heavy (non-hydrogen) atoms. The fourth-order valence-electron chi connectivity index (χ4n) is 3.53. The van der Waals surface area contributed by atoms with Gasteiger partial charge in [-0.2, -0.15) is 0 Å². The molecule has 0 aromatic carbocycles. The highest BCUT2D eigenvalue weighted by Crippen LogP contribution is 2.34. The maximum Gasteiger partial charge on any atom is 0.271 e. The average molecular weight is 388 g/mol. The van der Waals surface area contributed by atoms with Crippen molar-refractivity contribution in [3.8, 4) is 0 Å². The van der Waals surface area contributed by atoms with E-state index in [0.29, 0.717) is 12.1 Å². The number of thiazole rings is 1. The van der Waals surface area contributed by atoms with Crippen LogP contribution in [-0.2, 0) is 22.4 Å². The predicted molar refractivity (Wildman–Crippen MR) is 106 cm³/mol. The first kappa shape index (κ1) is 18.2. The van der Waals surface area contributed by atoms with E-state index in [-0.39, 0.29) is 17.4 Å². The van der Waals surface area contributed by atoms with E-state index in [4.69, 9.17) is 9.72 Å².